The molecule has 17 heavy (non-hydrogen) atoms. The normalized spacial score (nSPS) is 12.6. The SMILES string of the molecule is Cc1ccccc1CN(C)C(=O)C(N)C(C)C. The highest BCUT2D eigenvalue weighted by atomic mass is 16.2. The van der Waals surface area contributed by atoms with Crippen LogP contribution in [0.15, 0.2) is 24.3 Å². The van der Waals surface area contributed by atoms with Gasteiger partial charge in [-0.05, 0) is 24.0 Å². The molecule has 1 aromatic rings. The van der Waals surface area contributed by atoms with Gasteiger partial charge in [0.1, 0.15) is 0 Å². The van der Waals surface area contributed by atoms with E-state index in [2.05, 4.69) is 13.0 Å². The van der Waals surface area contributed by atoms with E-state index in [4.69, 9.17) is 5.73 Å². The Morgan fingerprint density at radius 1 is 1.35 bits per heavy atom. The second-order valence-electron chi connectivity index (χ2n) is 4.89. The molecule has 0 spiro atoms. The number of carbonyl (C=O) groups is 1. The number of benzene rings is 1. The molecule has 0 aliphatic heterocycles. The first-order chi connectivity index (χ1) is 7.93. The van der Waals surface area contributed by atoms with Crippen molar-refractivity contribution in [3.05, 3.63) is 35.4 Å². The second kappa shape index (κ2) is 5.82. The van der Waals surface area contributed by atoms with Gasteiger partial charge in [0.2, 0.25) is 5.91 Å². The fourth-order valence-corrected chi connectivity index (χ4v) is 1.66. The molecule has 3 nitrogen and oxygen atoms in total. The number of carbonyl (C=O) groups excluding carboxylic acids is 1. The zero-order chi connectivity index (χ0) is 13.0. The first-order valence-electron chi connectivity index (χ1n) is 5.98. The Bertz CT molecular complexity index is 388. The van der Waals surface area contributed by atoms with Gasteiger partial charge in [0.25, 0.3) is 0 Å². The molecular weight excluding hydrogens is 212 g/mol. The van der Waals surface area contributed by atoms with Crippen LogP contribution in [0.5, 0.6) is 0 Å². The van der Waals surface area contributed by atoms with E-state index in [9.17, 15) is 4.79 Å². The molecule has 0 saturated carbocycles. The van der Waals surface area contributed by atoms with Crippen molar-refractivity contribution in [1.82, 2.24) is 4.90 Å². The third-order valence-corrected chi connectivity index (χ3v) is 3.05. The van der Waals surface area contributed by atoms with E-state index in [1.807, 2.05) is 32.0 Å². The van der Waals surface area contributed by atoms with E-state index >= 15 is 0 Å². The Balaban J connectivity index is 2.70. The van der Waals surface area contributed by atoms with Crippen LogP contribution in [0, 0.1) is 12.8 Å². The zero-order valence-corrected chi connectivity index (χ0v) is 11.1. The van der Waals surface area contributed by atoms with Crippen molar-refractivity contribution in [3.8, 4) is 0 Å². The molecule has 0 aliphatic carbocycles. The van der Waals surface area contributed by atoms with E-state index in [0.717, 1.165) is 0 Å². The van der Waals surface area contributed by atoms with Crippen molar-refractivity contribution in [2.45, 2.75) is 33.4 Å². The standard InChI is InChI=1S/C14H22N2O/c1-10(2)13(15)14(17)16(4)9-12-8-6-5-7-11(12)3/h5-8,10,13H,9,15H2,1-4H3. The van der Waals surface area contributed by atoms with Crippen LogP contribution in [0.2, 0.25) is 0 Å². The van der Waals surface area contributed by atoms with Gasteiger partial charge in [-0.3, -0.25) is 4.79 Å². The Labute approximate surface area is 104 Å². The van der Waals surface area contributed by atoms with Crippen molar-refractivity contribution in [1.29, 1.82) is 0 Å². The number of nitrogens with zero attached hydrogens (tertiary/aromatic N) is 1. The highest BCUT2D eigenvalue weighted by Gasteiger charge is 2.21. The lowest BCUT2D eigenvalue weighted by molar-refractivity contribution is -0.132. The minimum absolute atomic E-state index is 0.00301. The van der Waals surface area contributed by atoms with Gasteiger partial charge in [-0.1, -0.05) is 38.1 Å². The zero-order valence-electron chi connectivity index (χ0n) is 11.1. The van der Waals surface area contributed by atoms with Crippen LogP contribution in [0.25, 0.3) is 0 Å². The van der Waals surface area contributed by atoms with Crippen molar-refractivity contribution < 1.29 is 4.79 Å². The molecule has 0 aliphatic rings. The number of rotatable bonds is 4. The molecule has 2 N–H and O–H groups in total. The molecule has 1 amide bonds. The second-order valence-corrected chi connectivity index (χ2v) is 4.89. The van der Waals surface area contributed by atoms with Crippen LogP contribution in [0.3, 0.4) is 0 Å². The third-order valence-electron chi connectivity index (χ3n) is 3.05. The Morgan fingerprint density at radius 2 is 1.94 bits per heavy atom. The highest BCUT2D eigenvalue weighted by Crippen LogP contribution is 2.11. The summed E-state index contributed by atoms with van der Waals surface area (Å²) in [6.45, 7) is 6.59. The molecule has 0 fully saturated rings. The average Bonchev–Trinajstić information content (AvgIpc) is 2.30. The maximum absolute atomic E-state index is 12.0. The molecule has 0 heterocycles. The summed E-state index contributed by atoms with van der Waals surface area (Å²) in [7, 11) is 1.80. The smallest absolute Gasteiger partial charge is 0.239 e. The summed E-state index contributed by atoms with van der Waals surface area (Å²) in [5.74, 6) is 0.171. The molecule has 1 unspecified atom stereocenters. The Morgan fingerprint density at radius 3 is 2.47 bits per heavy atom. The van der Waals surface area contributed by atoms with Gasteiger partial charge in [-0.25, -0.2) is 0 Å². The largest absolute Gasteiger partial charge is 0.340 e. The summed E-state index contributed by atoms with van der Waals surface area (Å²) in [5.41, 5.74) is 8.23. The van der Waals surface area contributed by atoms with Crippen LogP contribution in [0.1, 0.15) is 25.0 Å². The third kappa shape index (κ3) is 3.56. The van der Waals surface area contributed by atoms with Gasteiger partial charge in [-0.15, -0.1) is 0 Å². The van der Waals surface area contributed by atoms with E-state index in [-0.39, 0.29) is 11.8 Å². The number of nitrogens with two attached hydrogens (primary N) is 1. The lowest BCUT2D eigenvalue weighted by Crippen LogP contribution is -2.44. The number of hydrogen-bond donors (Lipinski definition) is 1. The molecule has 1 rings (SSSR count). The maximum Gasteiger partial charge on any atom is 0.239 e. The topological polar surface area (TPSA) is 46.3 Å². The fourth-order valence-electron chi connectivity index (χ4n) is 1.66. The van der Waals surface area contributed by atoms with Gasteiger partial charge in [0, 0.05) is 13.6 Å². The maximum atomic E-state index is 12.0. The van der Waals surface area contributed by atoms with Crippen molar-refractivity contribution in [2.24, 2.45) is 11.7 Å². The molecule has 1 atom stereocenters. The summed E-state index contributed by atoms with van der Waals surface area (Å²) in [4.78, 5) is 13.7. The van der Waals surface area contributed by atoms with Crippen molar-refractivity contribution >= 4 is 5.91 Å². The molecule has 0 radical (unpaired) electrons. The monoisotopic (exact) mass is 234 g/mol. The van der Waals surface area contributed by atoms with Gasteiger partial charge in [-0.2, -0.15) is 0 Å². The predicted octanol–water partition coefficient (Wildman–Crippen LogP) is 1.94. The van der Waals surface area contributed by atoms with E-state index in [1.54, 1.807) is 11.9 Å². The average molecular weight is 234 g/mol. The lowest BCUT2D eigenvalue weighted by atomic mass is 10.0. The molecule has 94 valence electrons. The van der Waals surface area contributed by atoms with Crippen LogP contribution >= 0.6 is 0 Å². The minimum Gasteiger partial charge on any atom is -0.340 e. The number of amides is 1. The van der Waals surface area contributed by atoms with Crippen LogP contribution in [-0.2, 0) is 11.3 Å². The number of aryl methyl sites for hydroxylation is 1. The quantitative estimate of drug-likeness (QED) is 0.865. The van der Waals surface area contributed by atoms with Gasteiger partial charge in [0.15, 0.2) is 0 Å². The minimum atomic E-state index is -0.413. The van der Waals surface area contributed by atoms with E-state index in [1.165, 1.54) is 11.1 Å². The van der Waals surface area contributed by atoms with E-state index < -0.39 is 6.04 Å². The molecule has 1 aromatic carbocycles. The predicted molar refractivity (Wildman–Crippen MR) is 70.5 cm³/mol. The van der Waals surface area contributed by atoms with E-state index in [0.29, 0.717) is 6.54 Å². The summed E-state index contributed by atoms with van der Waals surface area (Å²) >= 11 is 0. The molecule has 3 heteroatoms. The fraction of sp³-hybridized carbons (Fsp3) is 0.500. The molecule has 0 saturated heterocycles. The first-order valence-corrected chi connectivity index (χ1v) is 5.98. The summed E-state index contributed by atoms with van der Waals surface area (Å²) in [6, 6.07) is 7.67. The number of hydrogen-bond acceptors (Lipinski definition) is 2. The summed E-state index contributed by atoms with van der Waals surface area (Å²) in [5, 5.41) is 0. The lowest BCUT2D eigenvalue weighted by Gasteiger charge is -2.24. The van der Waals surface area contributed by atoms with Gasteiger partial charge in [0.05, 0.1) is 6.04 Å². The van der Waals surface area contributed by atoms with Crippen molar-refractivity contribution in [2.75, 3.05) is 7.05 Å². The molecular formula is C14H22N2O. The van der Waals surface area contributed by atoms with Crippen LogP contribution < -0.4 is 5.73 Å². The van der Waals surface area contributed by atoms with Gasteiger partial charge >= 0.3 is 0 Å². The molecule has 0 bridgehead atoms. The van der Waals surface area contributed by atoms with Crippen LogP contribution in [-0.4, -0.2) is 23.9 Å². The highest BCUT2D eigenvalue weighted by molar-refractivity contribution is 5.81. The Kier molecular flexibility index (Phi) is 4.70. The molecule has 0 aromatic heterocycles. The van der Waals surface area contributed by atoms with Crippen LogP contribution in [0.4, 0.5) is 0 Å². The first kappa shape index (κ1) is 13.7. The Hall–Kier alpha value is -1.35. The summed E-state index contributed by atoms with van der Waals surface area (Å²) < 4.78 is 0. The van der Waals surface area contributed by atoms with Gasteiger partial charge < -0.3 is 10.6 Å². The summed E-state index contributed by atoms with van der Waals surface area (Å²) in [6.07, 6.45) is 0. The number of likely N-dealkylation sites (N-methyl/N-ethyl adjacent to an activating group) is 1. The van der Waals surface area contributed by atoms with Crippen molar-refractivity contribution in [3.63, 3.8) is 0 Å².